The average Bonchev–Trinajstić information content (AvgIpc) is 3.10. The zero-order valence-corrected chi connectivity index (χ0v) is 11.6. The molecule has 2 N–H and O–H groups in total. The van der Waals surface area contributed by atoms with E-state index in [1.807, 2.05) is 12.1 Å². The summed E-state index contributed by atoms with van der Waals surface area (Å²) in [7, 11) is 1.70. The van der Waals surface area contributed by atoms with Crippen molar-refractivity contribution in [3.8, 4) is 17.1 Å². The number of nitrogens with two attached hydrogens (primary N) is 1. The molecule has 3 rings (SSSR count). The van der Waals surface area contributed by atoms with E-state index in [1.165, 1.54) is 18.4 Å². The van der Waals surface area contributed by atoms with Gasteiger partial charge in [0.05, 0.1) is 7.11 Å². The molecule has 5 nitrogen and oxygen atoms in total. The number of nitrogen functional groups attached to an aromatic ring is 1. The lowest BCUT2D eigenvalue weighted by molar-refractivity contribution is 0.321. The highest BCUT2D eigenvalue weighted by atomic mass is 16.5. The molecule has 5 heteroatoms. The van der Waals surface area contributed by atoms with Crippen LogP contribution in [0.4, 0.5) is 5.82 Å². The molecular weight excluding hydrogens is 254 g/mol. The lowest BCUT2D eigenvalue weighted by Gasteiger charge is -2.17. The fourth-order valence-electron chi connectivity index (χ4n) is 2.66. The minimum Gasteiger partial charge on any atom is -0.496 e. The van der Waals surface area contributed by atoms with Crippen molar-refractivity contribution in [1.29, 1.82) is 0 Å². The van der Waals surface area contributed by atoms with E-state index in [9.17, 15) is 0 Å². The fraction of sp³-hybridized carbons (Fsp3) is 0.400. The molecule has 2 heterocycles. The first-order valence-corrected chi connectivity index (χ1v) is 6.88. The monoisotopic (exact) mass is 273 g/mol. The van der Waals surface area contributed by atoms with Crippen molar-refractivity contribution in [3.05, 3.63) is 29.8 Å². The summed E-state index contributed by atoms with van der Waals surface area (Å²) in [6.45, 7) is 3.21. The largest absolute Gasteiger partial charge is 0.496 e. The van der Waals surface area contributed by atoms with Gasteiger partial charge in [-0.3, -0.25) is 4.90 Å². The quantitative estimate of drug-likeness (QED) is 0.927. The molecule has 1 fully saturated rings. The van der Waals surface area contributed by atoms with Crippen LogP contribution < -0.4 is 10.5 Å². The molecule has 20 heavy (non-hydrogen) atoms. The van der Waals surface area contributed by atoms with Crippen molar-refractivity contribution in [2.24, 2.45) is 0 Å². The van der Waals surface area contributed by atoms with Gasteiger partial charge >= 0.3 is 0 Å². The maximum absolute atomic E-state index is 5.60. The highest BCUT2D eigenvalue weighted by Crippen LogP contribution is 2.29. The van der Waals surface area contributed by atoms with Crippen LogP contribution in [0.2, 0.25) is 0 Å². The van der Waals surface area contributed by atoms with E-state index in [0.29, 0.717) is 11.6 Å². The zero-order valence-electron chi connectivity index (χ0n) is 11.6. The SMILES string of the molecule is COc1ccc(-c2cc(N)no2)cc1CN1CCCC1. The number of aromatic nitrogens is 1. The van der Waals surface area contributed by atoms with Crippen molar-refractivity contribution in [2.45, 2.75) is 19.4 Å². The predicted molar refractivity (Wildman–Crippen MR) is 77.4 cm³/mol. The van der Waals surface area contributed by atoms with Crippen LogP contribution in [0.25, 0.3) is 11.3 Å². The molecule has 1 saturated heterocycles. The summed E-state index contributed by atoms with van der Waals surface area (Å²) in [6.07, 6.45) is 2.56. The van der Waals surface area contributed by atoms with E-state index in [4.69, 9.17) is 15.0 Å². The third kappa shape index (κ3) is 2.63. The number of likely N-dealkylation sites (tertiary alicyclic amines) is 1. The second-order valence-corrected chi connectivity index (χ2v) is 5.13. The van der Waals surface area contributed by atoms with Crippen LogP contribution in [0.5, 0.6) is 5.75 Å². The first-order valence-electron chi connectivity index (χ1n) is 6.88. The molecule has 1 aromatic heterocycles. The molecule has 0 spiro atoms. The Morgan fingerprint density at radius 1 is 1.30 bits per heavy atom. The molecule has 106 valence electrons. The van der Waals surface area contributed by atoms with Gasteiger partial charge in [0.25, 0.3) is 0 Å². The van der Waals surface area contributed by atoms with Crippen LogP contribution in [0, 0.1) is 0 Å². The van der Waals surface area contributed by atoms with Gasteiger partial charge in [0, 0.05) is 23.7 Å². The third-order valence-corrected chi connectivity index (χ3v) is 3.69. The Balaban J connectivity index is 1.89. The van der Waals surface area contributed by atoms with Gasteiger partial charge in [-0.05, 0) is 44.1 Å². The van der Waals surface area contributed by atoms with Crippen molar-refractivity contribution < 1.29 is 9.26 Å². The molecule has 1 aliphatic heterocycles. The van der Waals surface area contributed by atoms with Gasteiger partial charge in [-0.2, -0.15) is 0 Å². The summed E-state index contributed by atoms with van der Waals surface area (Å²) < 4.78 is 10.7. The molecule has 0 saturated carbocycles. The molecule has 1 aliphatic rings. The maximum atomic E-state index is 5.60. The Morgan fingerprint density at radius 3 is 2.75 bits per heavy atom. The highest BCUT2D eigenvalue weighted by molar-refractivity contribution is 5.62. The van der Waals surface area contributed by atoms with Crippen LogP contribution in [0.1, 0.15) is 18.4 Å². The predicted octanol–water partition coefficient (Wildman–Crippen LogP) is 2.53. The minimum atomic E-state index is 0.400. The van der Waals surface area contributed by atoms with E-state index < -0.39 is 0 Å². The number of anilines is 1. The fourth-order valence-corrected chi connectivity index (χ4v) is 2.66. The number of methoxy groups -OCH3 is 1. The van der Waals surface area contributed by atoms with Crippen molar-refractivity contribution >= 4 is 5.82 Å². The lowest BCUT2D eigenvalue weighted by atomic mass is 10.1. The smallest absolute Gasteiger partial charge is 0.169 e. The third-order valence-electron chi connectivity index (χ3n) is 3.69. The number of rotatable bonds is 4. The van der Waals surface area contributed by atoms with E-state index in [0.717, 1.165) is 30.9 Å². The van der Waals surface area contributed by atoms with Gasteiger partial charge < -0.3 is 15.0 Å². The summed E-state index contributed by atoms with van der Waals surface area (Å²) in [5, 5.41) is 3.73. The number of benzene rings is 1. The number of hydrogen-bond donors (Lipinski definition) is 1. The Kier molecular flexibility index (Phi) is 3.60. The average molecular weight is 273 g/mol. The van der Waals surface area contributed by atoms with E-state index in [1.54, 1.807) is 13.2 Å². The Hall–Kier alpha value is -2.01. The van der Waals surface area contributed by atoms with Crippen molar-refractivity contribution in [3.63, 3.8) is 0 Å². The number of nitrogens with zero attached hydrogens (tertiary/aromatic N) is 2. The summed E-state index contributed by atoms with van der Waals surface area (Å²) in [5.41, 5.74) is 7.75. The van der Waals surface area contributed by atoms with Gasteiger partial charge in [-0.25, -0.2) is 0 Å². The summed E-state index contributed by atoms with van der Waals surface area (Å²) in [6, 6.07) is 7.77. The van der Waals surface area contributed by atoms with Crippen LogP contribution in [-0.4, -0.2) is 30.3 Å². The molecule has 0 atom stereocenters. The first kappa shape index (κ1) is 13.0. The minimum absolute atomic E-state index is 0.400. The second kappa shape index (κ2) is 5.54. The molecule has 0 radical (unpaired) electrons. The first-order chi connectivity index (χ1) is 9.76. The normalized spacial score (nSPS) is 15.7. The molecular formula is C15H19N3O2. The van der Waals surface area contributed by atoms with E-state index in [2.05, 4.69) is 16.1 Å². The van der Waals surface area contributed by atoms with Crippen LogP contribution >= 0.6 is 0 Å². The highest BCUT2D eigenvalue weighted by Gasteiger charge is 2.15. The number of ether oxygens (including phenoxy) is 1. The van der Waals surface area contributed by atoms with Gasteiger partial charge in [0.15, 0.2) is 11.6 Å². The topological polar surface area (TPSA) is 64.5 Å². The van der Waals surface area contributed by atoms with Gasteiger partial charge in [0.1, 0.15) is 5.75 Å². The summed E-state index contributed by atoms with van der Waals surface area (Å²) in [4.78, 5) is 2.44. The number of hydrogen-bond acceptors (Lipinski definition) is 5. The summed E-state index contributed by atoms with van der Waals surface area (Å²) in [5.74, 6) is 2.00. The molecule has 2 aromatic rings. The lowest BCUT2D eigenvalue weighted by Crippen LogP contribution is -2.18. The zero-order chi connectivity index (χ0) is 13.9. The van der Waals surface area contributed by atoms with E-state index >= 15 is 0 Å². The van der Waals surface area contributed by atoms with Gasteiger partial charge in [-0.1, -0.05) is 5.16 Å². The van der Waals surface area contributed by atoms with Crippen molar-refractivity contribution in [1.82, 2.24) is 10.1 Å². The van der Waals surface area contributed by atoms with Gasteiger partial charge in [0.2, 0.25) is 0 Å². The molecule has 1 aromatic carbocycles. The molecule has 0 amide bonds. The Bertz CT molecular complexity index is 589. The molecule has 0 aliphatic carbocycles. The summed E-state index contributed by atoms with van der Waals surface area (Å²) >= 11 is 0. The van der Waals surface area contributed by atoms with Crippen LogP contribution in [-0.2, 0) is 6.54 Å². The second-order valence-electron chi connectivity index (χ2n) is 5.13. The molecule has 0 bridgehead atoms. The van der Waals surface area contributed by atoms with Crippen LogP contribution in [0.15, 0.2) is 28.8 Å². The Labute approximate surface area is 118 Å². The Morgan fingerprint density at radius 2 is 2.10 bits per heavy atom. The van der Waals surface area contributed by atoms with Gasteiger partial charge in [-0.15, -0.1) is 0 Å². The molecule has 0 unspecified atom stereocenters. The van der Waals surface area contributed by atoms with E-state index in [-0.39, 0.29) is 0 Å². The standard InChI is InChI=1S/C15H19N3O2/c1-19-13-5-4-11(14-9-15(16)17-20-14)8-12(13)10-18-6-2-3-7-18/h4-5,8-9H,2-3,6-7,10H2,1H3,(H2,16,17). The maximum Gasteiger partial charge on any atom is 0.169 e. The van der Waals surface area contributed by atoms with Crippen LogP contribution in [0.3, 0.4) is 0 Å². The van der Waals surface area contributed by atoms with Crippen molar-refractivity contribution in [2.75, 3.05) is 25.9 Å².